The van der Waals surface area contributed by atoms with E-state index in [0.717, 1.165) is 30.4 Å². The van der Waals surface area contributed by atoms with E-state index in [-0.39, 0.29) is 0 Å². The summed E-state index contributed by atoms with van der Waals surface area (Å²) in [6.45, 7) is 5.48. The van der Waals surface area contributed by atoms with E-state index in [9.17, 15) is 5.11 Å². The van der Waals surface area contributed by atoms with Crippen molar-refractivity contribution in [2.45, 2.75) is 25.9 Å². The number of ether oxygens (including phenoxy) is 1. The van der Waals surface area contributed by atoms with Gasteiger partial charge in [0, 0.05) is 24.6 Å². The maximum absolute atomic E-state index is 10.2. The van der Waals surface area contributed by atoms with Crippen molar-refractivity contribution in [3.8, 4) is 11.4 Å². The SMILES string of the molecule is CC1CCN(CC(O)COc2ccc(-n3ccnc3)cc2)CC1. The van der Waals surface area contributed by atoms with E-state index >= 15 is 0 Å². The number of rotatable bonds is 6. The highest BCUT2D eigenvalue weighted by Crippen LogP contribution is 2.17. The number of likely N-dealkylation sites (tertiary alicyclic amines) is 1. The molecule has 1 atom stereocenters. The standard InChI is InChI=1S/C18H25N3O2/c1-15-6-9-20(10-7-15)12-17(22)13-23-18-4-2-16(3-5-18)21-11-8-19-14-21/h2-5,8,11,14-15,17,22H,6-7,9-10,12-13H2,1H3. The minimum Gasteiger partial charge on any atom is -0.491 e. The molecule has 1 saturated heterocycles. The molecule has 1 unspecified atom stereocenters. The summed E-state index contributed by atoms with van der Waals surface area (Å²) in [6, 6.07) is 7.81. The first kappa shape index (κ1) is 16.0. The van der Waals surface area contributed by atoms with Crippen molar-refractivity contribution in [3.05, 3.63) is 43.0 Å². The predicted octanol–water partition coefficient (Wildman–Crippen LogP) is 2.34. The molecule has 0 saturated carbocycles. The van der Waals surface area contributed by atoms with Gasteiger partial charge in [0.05, 0.1) is 6.33 Å². The molecule has 0 spiro atoms. The largest absolute Gasteiger partial charge is 0.491 e. The third-order valence-electron chi connectivity index (χ3n) is 4.43. The molecule has 5 heteroatoms. The summed E-state index contributed by atoms with van der Waals surface area (Å²) in [6.07, 6.45) is 7.42. The zero-order chi connectivity index (χ0) is 16.1. The van der Waals surface area contributed by atoms with Crippen LogP contribution in [-0.4, -0.2) is 51.9 Å². The van der Waals surface area contributed by atoms with Gasteiger partial charge in [0.1, 0.15) is 18.5 Å². The molecule has 1 aliphatic rings. The van der Waals surface area contributed by atoms with Crippen molar-refractivity contribution in [2.24, 2.45) is 5.92 Å². The lowest BCUT2D eigenvalue weighted by Gasteiger charge is -2.31. The fourth-order valence-electron chi connectivity index (χ4n) is 2.91. The summed E-state index contributed by atoms with van der Waals surface area (Å²) in [5.74, 6) is 1.59. The van der Waals surface area contributed by atoms with Crippen LogP contribution in [0.25, 0.3) is 5.69 Å². The van der Waals surface area contributed by atoms with Crippen LogP contribution in [-0.2, 0) is 0 Å². The number of aliphatic hydroxyl groups excluding tert-OH is 1. The molecule has 1 aliphatic heterocycles. The summed E-state index contributed by atoms with van der Waals surface area (Å²) in [7, 11) is 0. The fourth-order valence-corrected chi connectivity index (χ4v) is 2.91. The van der Waals surface area contributed by atoms with Crippen molar-refractivity contribution < 1.29 is 9.84 Å². The first-order valence-corrected chi connectivity index (χ1v) is 8.32. The Morgan fingerprint density at radius 1 is 1.26 bits per heavy atom. The smallest absolute Gasteiger partial charge is 0.119 e. The molecule has 2 heterocycles. The van der Waals surface area contributed by atoms with Crippen LogP contribution >= 0.6 is 0 Å². The predicted molar refractivity (Wildman–Crippen MR) is 89.9 cm³/mol. The van der Waals surface area contributed by atoms with E-state index in [2.05, 4.69) is 16.8 Å². The number of β-amino-alcohol motifs (C(OH)–C–C–N with tert-alkyl or cyclic N) is 1. The number of piperidine rings is 1. The molecule has 2 aromatic rings. The van der Waals surface area contributed by atoms with Crippen LogP contribution in [0.2, 0.25) is 0 Å². The van der Waals surface area contributed by atoms with Gasteiger partial charge < -0.3 is 19.3 Å². The van der Waals surface area contributed by atoms with Crippen molar-refractivity contribution in [1.29, 1.82) is 0 Å². The number of hydrogen-bond donors (Lipinski definition) is 1. The maximum Gasteiger partial charge on any atom is 0.119 e. The Labute approximate surface area is 137 Å². The first-order chi connectivity index (χ1) is 11.2. The van der Waals surface area contributed by atoms with Gasteiger partial charge in [0.25, 0.3) is 0 Å². The molecule has 5 nitrogen and oxygen atoms in total. The molecule has 3 rings (SSSR count). The Morgan fingerprint density at radius 3 is 2.65 bits per heavy atom. The molecule has 0 bridgehead atoms. The van der Waals surface area contributed by atoms with E-state index in [1.54, 1.807) is 12.5 Å². The second-order valence-corrected chi connectivity index (χ2v) is 6.41. The van der Waals surface area contributed by atoms with Gasteiger partial charge >= 0.3 is 0 Å². The van der Waals surface area contributed by atoms with Gasteiger partial charge in [-0.2, -0.15) is 0 Å². The summed E-state index contributed by atoms with van der Waals surface area (Å²) in [5, 5.41) is 10.2. The van der Waals surface area contributed by atoms with E-state index < -0.39 is 6.10 Å². The second-order valence-electron chi connectivity index (χ2n) is 6.41. The normalized spacial score (nSPS) is 18.0. The van der Waals surface area contributed by atoms with E-state index in [1.807, 2.05) is 35.0 Å². The quantitative estimate of drug-likeness (QED) is 0.889. The number of nitrogens with zero attached hydrogens (tertiary/aromatic N) is 3. The zero-order valence-corrected chi connectivity index (χ0v) is 13.6. The molecule has 1 aromatic carbocycles. The topological polar surface area (TPSA) is 50.5 Å². The third kappa shape index (κ3) is 4.56. The highest BCUT2D eigenvalue weighted by Gasteiger charge is 2.18. The van der Waals surface area contributed by atoms with Crippen molar-refractivity contribution >= 4 is 0 Å². The lowest BCUT2D eigenvalue weighted by atomic mass is 9.99. The Morgan fingerprint density at radius 2 is 2.00 bits per heavy atom. The minimum atomic E-state index is -0.447. The minimum absolute atomic E-state index is 0.330. The maximum atomic E-state index is 10.2. The van der Waals surface area contributed by atoms with Crippen LogP contribution in [0.4, 0.5) is 0 Å². The van der Waals surface area contributed by atoms with Gasteiger partial charge in [0.15, 0.2) is 0 Å². The Balaban J connectivity index is 1.44. The number of benzene rings is 1. The number of imidazole rings is 1. The third-order valence-corrected chi connectivity index (χ3v) is 4.43. The van der Waals surface area contributed by atoms with Crippen LogP contribution in [0.3, 0.4) is 0 Å². The molecule has 23 heavy (non-hydrogen) atoms. The van der Waals surface area contributed by atoms with E-state index in [1.165, 1.54) is 12.8 Å². The molecule has 124 valence electrons. The average molecular weight is 315 g/mol. The Hall–Kier alpha value is -1.85. The molecular weight excluding hydrogens is 290 g/mol. The van der Waals surface area contributed by atoms with Crippen LogP contribution in [0.5, 0.6) is 5.75 Å². The Bertz CT molecular complexity index is 575. The molecule has 0 radical (unpaired) electrons. The number of hydrogen-bond acceptors (Lipinski definition) is 4. The van der Waals surface area contributed by atoms with Crippen LogP contribution in [0, 0.1) is 5.92 Å². The highest BCUT2D eigenvalue weighted by atomic mass is 16.5. The van der Waals surface area contributed by atoms with Crippen LogP contribution in [0.1, 0.15) is 19.8 Å². The van der Waals surface area contributed by atoms with Crippen LogP contribution < -0.4 is 4.74 Å². The summed E-state index contributed by atoms with van der Waals surface area (Å²) < 4.78 is 7.64. The molecule has 0 amide bonds. The van der Waals surface area contributed by atoms with Gasteiger partial charge in [-0.05, 0) is 56.1 Å². The Kier molecular flexibility index (Phi) is 5.31. The van der Waals surface area contributed by atoms with Gasteiger partial charge in [0.2, 0.25) is 0 Å². The van der Waals surface area contributed by atoms with Gasteiger partial charge in [-0.3, -0.25) is 0 Å². The van der Waals surface area contributed by atoms with E-state index in [0.29, 0.717) is 13.2 Å². The van der Waals surface area contributed by atoms with Gasteiger partial charge in [-0.1, -0.05) is 6.92 Å². The zero-order valence-electron chi connectivity index (χ0n) is 13.6. The fraction of sp³-hybridized carbons (Fsp3) is 0.500. The van der Waals surface area contributed by atoms with Crippen molar-refractivity contribution in [3.63, 3.8) is 0 Å². The lowest BCUT2D eigenvalue weighted by Crippen LogP contribution is -2.40. The summed E-state index contributed by atoms with van der Waals surface area (Å²) >= 11 is 0. The molecule has 0 aliphatic carbocycles. The average Bonchev–Trinajstić information content (AvgIpc) is 3.10. The summed E-state index contributed by atoms with van der Waals surface area (Å²) in [4.78, 5) is 6.36. The van der Waals surface area contributed by atoms with Gasteiger partial charge in [-0.15, -0.1) is 0 Å². The molecule has 1 fully saturated rings. The van der Waals surface area contributed by atoms with Crippen LogP contribution in [0.15, 0.2) is 43.0 Å². The van der Waals surface area contributed by atoms with Crippen molar-refractivity contribution in [2.75, 3.05) is 26.2 Å². The first-order valence-electron chi connectivity index (χ1n) is 8.32. The second kappa shape index (κ2) is 7.62. The highest BCUT2D eigenvalue weighted by molar-refractivity contribution is 5.37. The number of aromatic nitrogens is 2. The van der Waals surface area contributed by atoms with Crippen molar-refractivity contribution in [1.82, 2.24) is 14.5 Å². The molecule has 1 aromatic heterocycles. The number of aliphatic hydroxyl groups is 1. The van der Waals surface area contributed by atoms with Gasteiger partial charge in [-0.25, -0.2) is 4.98 Å². The lowest BCUT2D eigenvalue weighted by molar-refractivity contribution is 0.0563. The van der Waals surface area contributed by atoms with E-state index in [4.69, 9.17) is 4.74 Å². The molecule has 1 N–H and O–H groups in total. The monoisotopic (exact) mass is 315 g/mol. The molecular formula is C18H25N3O2. The summed E-state index contributed by atoms with van der Waals surface area (Å²) in [5.41, 5.74) is 1.04.